The summed E-state index contributed by atoms with van der Waals surface area (Å²) in [5, 5.41) is 9.14. The Morgan fingerprint density at radius 2 is 2.00 bits per heavy atom. The first kappa shape index (κ1) is 28.4. The molecule has 10 nitrogen and oxygen atoms in total. The van der Waals surface area contributed by atoms with E-state index in [2.05, 4.69) is 9.98 Å². The second-order valence-electron chi connectivity index (χ2n) is 7.44. The number of rotatable bonds is 8. The third-order valence-corrected chi connectivity index (χ3v) is 5.96. The Hall–Kier alpha value is -3.86. The van der Waals surface area contributed by atoms with Crippen LogP contribution < -0.4 is 10.3 Å². The van der Waals surface area contributed by atoms with E-state index in [1.165, 1.54) is 49.6 Å². The van der Waals surface area contributed by atoms with Crippen LogP contribution in [0.4, 0.5) is 13.2 Å². The van der Waals surface area contributed by atoms with Crippen LogP contribution in [0.3, 0.4) is 0 Å². The lowest BCUT2D eigenvalue weighted by Crippen LogP contribution is -2.40. The fourth-order valence-corrected chi connectivity index (χ4v) is 4.16. The van der Waals surface area contributed by atoms with Gasteiger partial charge in [0.15, 0.2) is 21.4 Å². The summed E-state index contributed by atoms with van der Waals surface area (Å²) >= 11 is 0. The second kappa shape index (κ2) is 11.3. The first-order chi connectivity index (χ1) is 16.8. The molecule has 0 bridgehead atoms. The van der Waals surface area contributed by atoms with Crippen molar-refractivity contribution in [3.05, 3.63) is 69.5 Å². The Bertz CT molecular complexity index is 1370. The highest BCUT2D eigenvalue weighted by Crippen LogP contribution is 2.33. The minimum Gasteiger partial charge on any atom is -0.482 e. The number of alkyl halides is 3. The number of hydrogen-bond donors (Lipinski definition) is 0. The quantitative estimate of drug-likeness (QED) is 0.287. The maximum Gasteiger partial charge on any atom is 0.437 e. The van der Waals surface area contributed by atoms with Crippen LogP contribution in [0.25, 0.3) is 0 Å². The van der Waals surface area contributed by atoms with E-state index in [0.717, 1.165) is 10.8 Å². The zero-order valence-corrected chi connectivity index (χ0v) is 20.9. The Balaban J connectivity index is 2.64. The Labute approximate surface area is 205 Å². The van der Waals surface area contributed by atoms with Crippen molar-refractivity contribution in [3.63, 3.8) is 0 Å². The van der Waals surface area contributed by atoms with E-state index in [-0.39, 0.29) is 29.3 Å². The molecule has 1 aliphatic rings. The lowest BCUT2D eigenvalue weighted by Gasteiger charge is -2.31. The number of halogens is 3. The fourth-order valence-electron chi connectivity index (χ4n) is 3.20. The maximum absolute atomic E-state index is 13.7. The highest BCUT2D eigenvalue weighted by molar-refractivity contribution is 7.91. The van der Waals surface area contributed by atoms with Gasteiger partial charge < -0.3 is 14.4 Å². The number of nitriles is 1. The summed E-state index contributed by atoms with van der Waals surface area (Å²) in [7, 11) is -0.956. The van der Waals surface area contributed by atoms with Crippen LogP contribution in [-0.4, -0.2) is 55.0 Å². The highest BCUT2D eigenvalue weighted by Gasteiger charge is 2.39. The van der Waals surface area contributed by atoms with Gasteiger partial charge in [0.1, 0.15) is 5.76 Å². The van der Waals surface area contributed by atoms with E-state index in [0.29, 0.717) is 6.33 Å². The Morgan fingerprint density at radius 1 is 1.33 bits per heavy atom. The van der Waals surface area contributed by atoms with E-state index in [1.807, 2.05) is 6.07 Å². The highest BCUT2D eigenvalue weighted by atomic mass is 32.2. The summed E-state index contributed by atoms with van der Waals surface area (Å²) in [4.78, 5) is 21.7. The third-order valence-electron chi connectivity index (χ3n) is 4.75. The number of aliphatic imine (C=N–C) groups is 1. The van der Waals surface area contributed by atoms with Crippen molar-refractivity contribution in [1.82, 2.24) is 14.5 Å². The minimum absolute atomic E-state index is 0.0518. The van der Waals surface area contributed by atoms with Gasteiger partial charge in [-0.2, -0.15) is 18.4 Å². The van der Waals surface area contributed by atoms with Gasteiger partial charge in [-0.15, -0.1) is 0 Å². The van der Waals surface area contributed by atoms with Crippen LogP contribution >= 0.6 is 0 Å². The molecule has 0 fully saturated rings. The molecule has 0 aliphatic carbocycles. The first-order valence-corrected chi connectivity index (χ1v) is 12.2. The van der Waals surface area contributed by atoms with Crippen molar-refractivity contribution in [2.24, 2.45) is 4.99 Å². The molecule has 2 heterocycles. The standard InChI is InChI=1S/C22H24F3N5O5S/c1-6-8-16(9-14(7-2)10-26)35-17-18(22(23,24)25)28-13-30(19(17)31)12-15-11-27-21(36(5,32)33)29(3)20(15)34-4/h6-9,11,13,21H,12H2,1-5H3. The van der Waals surface area contributed by atoms with Gasteiger partial charge in [-0.05, 0) is 26.0 Å². The molecule has 0 aromatic carbocycles. The molecule has 0 N–H and O–H groups in total. The molecular weight excluding hydrogens is 503 g/mol. The summed E-state index contributed by atoms with van der Waals surface area (Å²) < 4.78 is 76.4. The number of sulfone groups is 1. The van der Waals surface area contributed by atoms with Crippen molar-refractivity contribution in [2.45, 2.75) is 32.1 Å². The molecule has 0 radical (unpaired) electrons. The van der Waals surface area contributed by atoms with Crippen LogP contribution in [0, 0.1) is 11.3 Å². The van der Waals surface area contributed by atoms with Gasteiger partial charge in [-0.25, -0.2) is 13.4 Å². The summed E-state index contributed by atoms with van der Waals surface area (Å²) in [6, 6.07) is 1.85. The minimum atomic E-state index is -5.01. The Morgan fingerprint density at radius 3 is 2.50 bits per heavy atom. The van der Waals surface area contributed by atoms with Gasteiger partial charge in [0.2, 0.25) is 11.2 Å². The van der Waals surface area contributed by atoms with Crippen LogP contribution in [0.15, 0.2) is 63.2 Å². The van der Waals surface area contributed by atoms with E-state index < -0.39 is 38.5 Å². The van der Waals surface area contributed by atoms with Crippen molar-refractivity contribution in [1.29, 1.82) is 5.26 Å². The predicted molar refractivity (Wildman–Crippen MR) is 125 cm³/mol. The molecule has 0 spiro atoms. The fraction of sp³-hybridized carbons (Fsp3) is 0.364. The van der Waals surface area contributed by atoms with Crippen molar-refractivity contribution >= 4 is 16.1 Å². The predicted octanol–water partition coefficient (Wildman–Crippen LogP) is 2.77. The lowest BCUT2D eigenvalue weighted by molar-refractivity contribution is -0.142. The van der Waals surface area contributed by atoms with E-state index >= 15 is 0 Å². The van der Waals surface area contributed by atoms with Crippen molar-refractivity contribution < 1.29 is 31.1 Å². The molecule has 1 unspecified atom stereocenters. The molecule has 0 amide bonds. The average Bonchev–Trinajstić information content (AvgIpc) is 2.78. The molecule has 1 atom stereocenters. The molecule has 0 saturated heterocycles. The number of allylic oxidation sites excluding steroid dienone is 6. The van der Waals surface area contributed by atoms with Gasteiger partial charge >= 0.3 is 6.18 Å². The van der Waals surface area contributed by atoms with Crippen LogP contribution in [0.2, 0.25) is 0 Å². The average molecular weight is 528 g/mol. The van der Waals surface area contributed by atoms with Crippen LogP contribution in [0.1, 0.15) is 19.5 Å². The molecule has 36 heavy (non-hydrogen) atoms. The summed E-state index contributed by atoms with van der Waals surface area (Å²) in [5.74, 6) is -1.24. The van der Waals surface area contributed by atoms with Gasteiger partial charge in [0, 0.05) is 25.1 Å². The van der Waals surface area contributed by atoms with Gasteiger partial charge in [0.25, 0.3) is 5.56 Å². The zero-order valence-electron chi connectivity index (χ0n) is 20.1. The van der Waals surface area contributed by atoms with E-state index in [4.69, 9.17) is 14.7 Å². The monoisotopic (exact) mass is 527 g/mol. The van der Waals surface area contributed by atoms with Gasteiger partial charge in [0.05, 0.1) is 31.6 Å². The number of methoxy groups -OCH3 is 1. The molecule has 1 aromatic heterocycles. The van der Waals surface area contributed by atoms with E-state index in [9.17, 15) is 26.4 Å². The molecule has 0 saturated carbocycles. The number of hydrogen-bond acceptors (Lipinski definition) is 9. The molecule has 2 rings (SSSR count). The lowest BCUT2D eigenvalue weighted by atomic mass is 10.2. The van der Waals surface area contributed by atoms with Crippen LogP contribution in [0.5, 0.6) is 5.75 Å². The largest absolute Gasteiger partial charge is 0.482 e. The Kier molecular flexibility index (Phi) is 8.87. The SMILES string of the molecule is CC=CC(=CC(C#N)=CC)Oc1c(C(F)(F)F)ncn(CC2=C(OC)N(C)C(S(C)(=O)=O)N=C2)c1=O. The second-order valence-corrected chi connectivity index (χ2v) is 9.52. The van der Waals surface area contributed by atoms with Crippen molar-refractivity contribution in [2.75, 3.05) is 20.4 Å². The number of nitrogens with zero attached hydrogens (tertiary/aromatic N) is 5. The van der Waals surface area contributed by atoms with Crippen LogP contribution in [-0.2, 0) is 27.3 Å². The molecule has 14 heteroatoms. The normalized spacial score (nSPS) is 17.5. The smallest absolute Gasteiger partial charge is 0.437 e. The molecule has 194 valence electrons. The van der Waals surface area contributed by atoms with E-state index in [1.54, 1.807) is 13.8 Å². The summed E-state index contributed by atoms with van der Waals surface area (Å²) in [6.07, 6.45) is 3.18. The van der Waals surface area contributed by atoms with Gasteiger partial charge in [-0.3, -0.25) is 14.4 Å². The van der Waals surface area contributed by atoms with Crippen molar-refractivity contribution in [3.8, 4) is 11.8 Å². The molecule has 1 aromatic rings. The summed E-state index contributed by atoms with van der Waals surface area (Å²) in [5.41, 5.74) is -3.69. The molecule has 1 aliphatic heterocycles. The topological polar surface area (TPSA) is 127 Å². The number of aromatic nitrogens is 2. The van der Waals surface area contributed by atoms with Gasteiger partial charge in [-0.1, -0.05) is 12.2 Å². The third kappa shape index (κ3) is 6.42. The first-order valence-electron chi connectivity index (χ1n) is 10.3. The maximum atomic E-state index is 13.7. The summed E-state index contributed by atoms with van der Waals surface area (Å²) in [6.45, 7) is 2.78. The number of ether oxygens (including phenoxy) is 2. The zero-order chi connectivity index (χ0) is 27.3. The molecular formula is C22H24F3N5O5S.